The molecule has 6 nitrogen and oxygen atoms in total. The summed E-state index contributed by atoms with van der Waals surface area (Å²) in [4.78, 5) is 13.9. The zero-order valence-electron chi connectivity index (χ0n) is 11.7. The third-order valence-electron chi connectivity index (χ3n) is 3.42. The number of carbonyl (C=O) groups excluding carboxylic acids is 1. The molecule has 0 saturated carbocycles. The minimum absolute atomic E-state index is 0.211. The number of amides is 1. The van der Waals surface area contributed by atoms with Gasteiger partial charge in [-0.05, 0) is 24.7 Å². The maximum Gasteiger partial charge on any atom is 0.239 e. The number of nitrogens with one attached hydrogen (secondary N) is 2. The highest BCUT2D eigenvalue weighted by Crippen LogP contribution is 2.24. The Morgan fingerprint density at radius 2 is 2.29 bits per heavy atom. The lowest BCUT2D eigenvalue weighted by Crippen LogP contribution is -2.50. The van der Waals surface area contributed by atoms with Crippen LogP contribution in [0.5, 0.6) is 0 Å². The van der Waals surface area contributed by atoms with Crippen molar-refractivity contribution in [1.82, 2.24) is 14.9 Å². The highest BCUT2D eigenvalue weighted by atomic mass is 35.5. The summed E-state index contributed by atoms with van der Waals surface area (Å²) in [5.74, 6) is -0.948. The predicted octanol–water partition coefficient (Wildman–Crippen LogP) is 0.362. The molecular formula is C13H18ClN3O3S. The molecule has 0 bridgehead atoms. The number of rotatable bonds is 4. The molecule has 1 fully saturated rings. The molecule has 116 valence electrons. The van der Waals surface area contributed by atoms with E-state index in [0.29, 0.717) is 24.7 Å². The van der Waals surface area contributed by atoms with Crippen LogP contribution < -0.4 is 10.0 Å². The molecule has 2 rings (SSSR count). The predicted molar refractivity (Wildman–Crippen MR) is 81.6 cm³/mol. The van der Waals surface area contributed by atoms with Crippen LogP contribution in [0.1, 0.15) is 11.6 Å². The van der Waals surface area contributed by atoms with E-state index < -0.39 is 21.7 Å². The van der Waals surface area contributed by atoms with Gasteiger partial charge in [-0.25, -0.2) is 13.1 Å². The molecule has 0 radical (unpaired) electrons. The van der Waals surface area contributed by atoms with Crippen LogP contribution in [0, 0.1) is 0 Å². The molecule has 1 aromatic rings. The topological polar surface area (TPSA) is 78.5 Å². The summed E-state index contributed by atoms with van der Waals surface area (Å²) in [5, 5.41) is 3.80. The SMILES string of the molecule is CNS(=O)(=O)CC(=O)N1CCNCC1c1cccc(Cl)c1. The summed E-state index contributed by atoms with van der Waals surface area (Å²) in [7, 11) is -2.27. The molecule has 1 saturated heterocycles. The number of nitrogens with zero attached hydrogens (tertiary/aromatic N) is 1. The molecular weight excluding hydrogens is 314 g/mol. The first-order valence-electron chi connectivity index (χ1n) is 6.60. The number of sulfonamides is 1. The minimum Gasteiger partial charge on any atom is -0.332 e. The zero-order chi connectivity index (χ0) is 15.5. The van der Waals surface area contributed by atoms with E-state index in [2.05, 4.69) is 10.0 Å². The van der Waals surface area contributed by atoms with E-state index in [4.69, 9.17) is 11.6 Å². The number of halogens is 1. The van der Waals surface area contributed by atoms with Gasteiger partial charge in [0.1, 0.15) is 5.75 Å². The number of hydrogen-bond donors (Lipinski definition) is 2. The summed E-state index contributed by atoms with van der Waals surface area (Å²) in [5.41, 5.74) is 0.893. The monoisotopic (exact) mass is 331 g/mol. The molecule has 0 aliphatic carbocycles. The Morgan fingerprint density at radius 1 is 1.52 bits per heavy atom. The van der Waals surface area contributed by atoms with Crippen molar-refractivity contribution < 1.29 is 13.2 Å². The van der Waals surface area contributed by atoms with Crippen LogP contribution in [0.15, 0.2) is 24.3 Å². The average molecular weight is 332 g/mol. The van der Waals surface area contributed by atoms with Gasteiger partial charge in [0, 0.05) is 24.7 Å². The van der Waals surface area contributed by atoms with Crippen LogP contribution in [0.4, 0.5) is 0 Å². The van der Waals surface area contributed by atoms with Crippen molar-refractivity contribution in [2.75, 3.05) is 32.4 Å². The highest BCUT2D eigenvalue weighted by molar-refractivity contribution is 7.90. The van der Waals surface area contributed by atoms with Crippen molar-refractivity contribution in [2.45, 2.75) is 6.04 Å². The van der Waals surface area contributed by atoms with E-state index in [1.54, 1.807) is 17.0 Å². The average Bonchev–Trinajstić information content (AvgIpc) is 2.47. The maximum absolute atomic E-state index is 12.3. The van der Waals surface area contributed by atoms with Crippen molar-refractivity contribution in [3.05, 3.63) is 34.9 Å². The molecule has 2 N–H and O–H groups in total. The summed E-state index contributed by atoms with van der Waals surface area (Å²) in [6, 6.07) is 7.05. The molecule has 1 aromatic carbocycles. The first kappa shape index (κ1) is 16.2. The lowest BCUT2D eigenvalue weighted by molar-refractivity contribution is -0.131. The van der Waals surface area contributed by atoms with E-state index in [0.717, 1.165) is 5.56 Å². The largest absolute Gasteiger partial charge is 0.332 e. The molecule has 1 amide bonds. The zero-order valence-corrected chi connectivity index (χ0v) is 13.2. The van der Waals surface area contributed by atoms with Crippen molar-refractivity contribution in [3.8, 4) is 0 Å². The molecule has 1 aliphatic rings. The summed E-state index contributed by atoms with van der Waals surface area (Å²) in [6.07, 6.45) is 0. The van der Waals surface area contributed by atoms with Gasteiger partial charge in [-0.1, -0.05) is 23.7 Å². The van der Waals surface area contributed by atoms with Crippen LogP contribution in [-0.4, -0.2) is 51.7 Å². The number of benzene rings is 1. The lowest BCUT2D eigenvalue weighted by Gasteiger charge is -2.36. The smallest absolute Gasteiger partial charge is 0.239 e. The second-order valence-electron chi connectivity index (χ2n) is 4.83. The van der Waals surface area contributed by atoms with E-state index in [1.807, 2.05) is 12.1 Å². The van der Waals surface area contributed by atoms with E-state index in [9.17, 15) is 13.2 Å². The van der Waals surface area contributed by atoms with E-state index >= 15 is 0 Å². The molecule has 1 atom stereocenters. The second kappa shape index (κ2) is 6.74. The minimum atomic E-state index is -3.57. The van der Waals surface area contributed by atoms with Gasteiger partial charge in [0.2, 0.25) is 15.9 Å². The number of carbonyl (C=O) groups is 1. The normalized spacial score (nSPS) is 19.5. The fourth-order valence-corrected chi connectivity index (χ4v) is 3.17. The van der Waals surface area contributed by atoms with Crippen LogP contribution in [0.25, 0.3) is 0 Å². The summed E-state index contributed by atoms with van der Waals surface area (Å²) < 4.78 is 25.3. The van der Waals surface area contributed by atoms with Crippen LogP contribution in [-0.2, 0) is 14.8 Å². The Morgan fingerprint density at radius 3 is 2.95 bits per heavy atom. The Labute approximate surface area is 129 Å². The molecule has 0 aromatic heterocycles. The van der Waals surface area contributed by atoms with Crippen LogP contribution >= 0.6 is 11.6 Å². The van der Waals surface area contributed by atoms with Crippen LogP contribution in [0.3, 0.4) is 0 Å². The van der Waals surface area contributed by atoms with E-state index in [-0.39, 0.29) is 6.04 Å². The van der Waals surface area contributed by atoms with E-state index in [1.165, 1.54) is 7.05 Å². The first-order chi connectivity index (χ1) is 9.93. The Hall–Kier alpha value is -1.15. The quantitative estimate of drug-likeness (QED) is 0.835. The van der Waals surface area contributed by atoms with Gasteiger partial charge in [0.15, 0.2) is 0 Å². The maximum atomic E-state index is 12.3. The molecule has 8 heteroatoms. The molecule has 1 aliphatic heterocycles. The van der Waals surface area contributed by atoms with Gasteiger partial charge in [-0.2, -0.15) is 0 Å². The van der Waals surface area contributed by atoms with Gasteiger partial charge >= 0.3 is 0 Å². The van der Waals surface area contributed by atoms with Gasteiger partial charge in [0.05, 0.1) is 6.04 Å². The van der Waals surface area contributed by atoms with Crippen LogP contribution in [0.2, 0.25) is 5.02 Å². The molecule has 21 heavy (non-hydrogen) atoms. The number of hydrogen-bond acceptors (Lipinski definition) is 4. The third kappa shape index (κ3) is 4.16. The Balaban J connectivity index is 2.21. The Kier molecular flexibility index (Phi) is 5.21. The first-order valence-corrected chi connectivity index (χ1v) is 8.63. The standard InChI is InChI=1S/C13H18ClN3O3S/c1-15-21(19,20)9-13(18)17-6-5-16-8-12(17)10-3-2-4-11(14)7-10/h2-4,7,12,15-16H,5-6,8-9H2,1H3. The van der Waals surface area contributed by atoms with Crippen molar-refractivity contribution >= 4 is 27.5 Å². The summed E-state index contributed by atoms with van der Waals surface area (Å²) >= 11 is 5.99. The second-order valence-corrected chi connectivity index (χ2v) is 7.19. The van der Waals surface area contributed by atoms with Gasteiger partial charge in [-0.3, -0.25) is 4.79 Å². The molecule has 1 heterocycles. The molecule has 0 spiro atoms. The highest BCUT2D eigenvalue weighted by Gasteiger charge is 2.30. The van der Waals surface area contributed by atoms with Gasteiger partial charge < -0.3 is 10.2 Å². The molecule has 1 unspecified atom stereocenters. The Bertz CT molecular complexity index is 621. The van der Waals surface area contributed by atoms with Crippen molar-refractivity contribution in [2.24, 2.45) is 0 Å². The number of piperazine rings is 1. The van der Waals surface area contributed by atoms with Crippen molar-refractivity contribution in [3.63, 3.8) is 0 Å². The van der Waals surface area contributed by atoms with Crippen molar-refractivity contribution in [1.29, 1.82) is 0 Å². The fraction of sp³-hybridized carbons (Fsp3) is 0.462. The van der Waals surface area contributed by atoms with Gasteiger partial charge in [0.25, 0.3) is 0 Å². The third-order valence-corrected chi connectivity index (χ3v) is 4.91. The lowest BCUT2D eigenvalue weighted by atomic mass is 10.0. The van der Waals surface area contributed by atoms with Gasteiger partial charge in [-0.15, -0.1) is 0 Å². The fourth-order valence-electron chi connectivity index (χ4n) is 2.33. The summed E-state index contributed by atoms with van der Waals surface area (Å²) in [6.45, 7) is 1.68.